The van der Waals surface area contributed by atoms with Crippen molar-refractivity contribution in [1.82, 2.24) is 24.9 Å². The van der Waals surface area contributed by atoms with Crippen LogP contribution in [-0.4, -0.2) is 74.2 Å². The molecule has 2 aromatic rings. The Morgan fingerprint density at radius 2 is 1.84 bits per heavy atom. The highest BCUT2D eigenvalue weighted by molar-refractivity contribution is 7.91. The molecule has 12 heteroatoms. The van der Waals surface area contributed by atoms with Gasteiger partial charge in [0.15, 0.2) is 0 Å². The van der Waals surface area contributed by atoms with Gasteiger partial charge in [0.1, 0.15) is 4.21 Å². The lowest BCUT2D eigenvalue weighted by molar-refractivity contribution is 0.0731. The molecule has 4 rings (SSSR count). The zero-order valence-electron chi connectivity index (χ0n) is 17.1. The van der Waals surface area contributed by atoms with Crippen LogP contribution < -0.4 is 15.5 Å². The van der Waals surface area contributed by atoms with Gasteiger partial charge in [-0.2, -0.15) is 4.31 Å². The molecule has 0 atom stereocenters. The van der Waals surface area contributed by atoms with E-state index in [2.05, 4.69) is 25.5 Å². The van der Waals surface area contributed by atoms with Crippen LogP contribution in [0.25, 0.3) is 0 Å². The number of carbonyl (C=O) groups excluding carboxylic acids is 1. The average Bonchev–Trinajstić information content (AvgIpc) is 3.29. The van der Waals surface area contributed by atoms with Crippen LogP contribution in [0.2, 0.25) is 0 Å². The first-order chi connectivity index (χ1) is 15.0. The summed E-state index contributed by atoms with van der Waals surface area (Å²) in [5.41, 5.74) is 0. The number of nitrogens with zero attached hydrogens (tertiary/aromatic N) is 4. The molecule has 2 fully saturated rings. The number of urea groups is 1. The highest BCUT2D eigenvalue weighted by Crippen LogP contribution is 2.25. The molecule has 0 bridgehead atoms. The topological polar surface area (TPSA) is 117 Å². The van der Waals surface area contributed by atoms with E-state index >= 15 is 0 Å². The molecule has 168 valence electrons. The number of anilines is 1. The summed E-state index contributed by atoms with van der Waals surface area (Å²) in [7, 11) is -3.50. The Morgan fingerprint density at radius 3 is 2.55 bits per heavy atom. The molecular formula is C19H26N6O4S2. The second-order valence-electron chi connectivity index (χ2n) is 7.37. The van der Waals surface area contributed by atoms with E-state index in [4.69, 9.17) is 4.74 Å². The lowest BCUT2D eigenvalue weighted by atomic mass is 10.1. The molecule has 0 saturated carbocycles. The molecule has 2 aromatic heterocycles. The molecule has 0 unspecified atom stereocenters. The number of nitrogens with one attached hydrogen (secondary N) is 2. The summed E-state index contributed by atoms with van der Waals surface area (Å²) >= 11 is 1.19. The monoisotopic (exact) mass is 466 g/mol. The largest absolute Gasteiger partial charge is 0.379 e. The van der Waals surface area contributed by atoms with Crippen LogP contribution in [0.3, 0.4) is 0 Å². The molecule has 0 aliphatic carbocycles. The minimum absolute atomic E-state index is 0.0838. The highest BCUT2D eigenvalue weighted by atomic mass is 32.2. The molecule has 2 amide bonds. The second kappa shape index (κ2) is 9.90. The van der Waals surface area contributed by atoms with E-state index in [0.29, 0.717) is 36.5 Å². The van der Waals surface area contributed by atoms with Gasteiger partial charge < -0.3 is 20.3 Å². The normalized spacial score (nSPS) is 18.6. The SMILES string of the molecule is O=C(NCc1ccc(S(=O)(=O)N2CCOCC2)s1)NC1CCN(c2ncccn2)CC1. The molecule has 0 spiro atoms. The predicted octanol–water partition coefficient (Wildman–Crippen LogP) is 1.03. The van der Waals surface area contributed by atoms with Gasteiger partial charge in [-0.25, -0.2) is 23.2 Å². The van der Waals surface area contributed by atoms with Crippen molar-refractivity contribution in [2.24, 2.45) is 0 Å². The summed E-state index contributed by atoms with van der Waals surface area (Å²) in [6.45, 7) is 3.40. The molecule has 2 aliphatic rings. The third-order valence-corrected chi connectivity index (χ3v) is 8.74. The van der Waals surface area contributed by atoms with Gasteiger partial charge in [0.2, 0.25) is 5.95 Å². The summed E-state index contributed by atoms with van der Waals surface area (Å²) in [4.78, 5) is 23.7. The molecule has 4 heterocycles. The molecule has 0 aromatic carbocycles. The van der Waals surface area contributed by atoms with Crippen LogP contribution in [0, 0.1) is 0 Å². The summed E-state index contributed by atoms with van der Waals surface area (Å²) < 4.78 is 32.4. The zero-order chi connectivity index (χ0) is 21.7. The number of thiophene rings is 1. The first-order valence-electron chi connectivity index (χ1n) is 10.3. The lowest BCUT2D eigenvalue weighted by Crippen LogP contribution is -2.48. The molecule has 2 aliphatic heterocycles. The standard InChI is InChI=1S/C19H26N6O4S2/c26-19(23-15-4-8-24(9-5-15)18-20-6-1-7-21-18)22-14-16-2-3-17(30-16)31(27,28)25-10-12-29-13-11-25/h1-3,6-7,15H,4-5,8-14H2,(H2,22,23,26). The summed E-state index contributed by atoms with van der Waals surface area (Å²) in [6, 6.07) is 4.97. The number of morpholine rings is 1. The van der Waals surface area contributed by atoms with Gasteiger partial charge in [-0.1, -0.05) is 0 Å². The van der Waals surface area contributed by atoms with Gasteiger partial charge in [0, 0.05) is 49.5 Å². The second-order valence-corrected chi connectivity index (χ2v) is 10.7. The van der Waals surface area contributed by atoms with Crippen molar-refractivity contribution in [3.05, 3.63) is 35.5 Å². The Labute approximate surface area is 185 Å². The molecule has 2 saturated heterocycles. The van der Waals surface area contributed by atoms with Crippen LogP contribution in [0.1, 0.15) is 17.7 Å². The van der Waals surface area contributed by atoms with E-state index in [1.54, 1.807) is 30.6 Å². The summed E-state index contributed by atoms with van der Waals surface area (Å²) in [5.74, 6) is 0.714. The number of hydrogen-bond acceptors (Lipinski definition) is 8. The van der Waals surface area contributed by atoms with Crippen molar-refractivity contribution in [3.63, 3.8) is 0 Å². The van der Waals surface area contributed by atoms with Crippen LogP contribution in [-0.2, 0) is 21.3 Å². The fraction of sp³-hybridized carbons (Fsp3) is 0.526. The predicted molar refractivity (Wildman–Crippen MR) is 117 cm³/mol. The first kappa shape index (κ1) is 21.9. The number of piperidine rings is 1. The van der Waals surface area contributed by atoms with Gasteiger partial charge >= 0.3 is 6.03 Å². The van der Waals surface area contributed by atoms with Crippen molar-refractivity contribution in [1.29, 1.82) is 0 Å². The summed E-state index contributed by atoms with van der Waals surface area (Å²) in [6.07, 6.45) is 5.07. The number of amides is 2. The minimum Gasteiger partial charge on any atom is -0.379 e. The third kappa shape index (κ3) is 5.50. The minimum atomic E-state index is -3.50. The van der Waals surface area contributed by atoms with Gasteiger partial charge in [-0.05, 0) is 31.0 Å². The number of rotatable bonds is 6. The van der Waals surface area contributed by atoms with E-state index in [9.17, 15) is 13.2 Å². The number of aromatic nitrogens is 2. The molecular weight excluding hydrogens is 440 g/mol. The highest BCUT2D eigenvalue weighted by Gasteiger charge is 2.28. The third-order valence-electron chi connectivity index (χ3n) is 5.29. The van der Waals surface area contributed by atoms with Crippen molar-refractivity contribution < 1.29 is 17.9 Å². The summed E-state index contributed by atoms with van der Waals surface area (Å²) in [5, 5.41) is 5.82. The Morgan fingerprint density at radius 1 is 1.13 bits per heavy atom. The maximum absolute atomic E-state index is 12.7. The Balaban J connectivity index is 1.23. The van der Waals surface area contributed by atoms with Crippen LogP contribution in [0.5, 0.6) is 0 Å². The maximum Gasteiger partial charge on any atom is 0.315 e. The molecule has 31 heavy (non-hydrogen) atoms. The molecule has 10 nitrogen and oxygen atoms in total. The van der Waals surface area contributed by atoms with E-state index in [1.807, 2.05) is 0 Å². The number of carbonyl (C=O) groups is 1. The smallest absolute Gasteiger partial charge is 0.315 e. The van der Waals surface area contributed by atoms with Crippen molar-refractivity contribution in [3.8, 4) is 0 Å². The quantitative estimate of drug-likeness (QED) is 0.653. The maximum atomic E-state index is 12.7. The number of ether oxygens (including phenoxy) is 1. The van der Waals surface area contributed by atoms with E-state index in [1.165, 1.54) is 15.6 Å². The molecule has 2 N–H and O–H groups in total. The van der Waals surface area contributed by atoms with Crippen LogP contribution >= 0.6 is 11.3 Å². The van der Waals surface area contributed by atoms with Crippen molar-refractivity contribution in [2.75, 3.05) is 44.3 Å². The average molecular weight is 467 g/mol. The van der Waals surface area contributed by atoms with E-state index in [-0.39, 0.29) is 18.6 Å². The van der Waals surface area contributed by atoms with Gasteiger partial charge in [0.25, 0.3) is 10.0 Å². The fourth-order valence-electron chi connectivity index (χ4n) is 3.59. The molecule has 0 radical (unpaired) electrons. The van der Waals surface area contributed by atoms with Gasteiger partial charge in [-0.15, -0.1) is 11.3 Å². The zero-order valence-corrected chi connectivity index (χ0v) is 18.7. The van der Waals surface area contributed by atoms with E-state index < -0.39 is 10.0 Å². The van der Waals surface area contributed by atoms with E-state index in [0.717, 1.165) is 30.8 Å². The van der Waals surface area contributed by atoms with Crippen LogP contribution in [0.15, 0.2) is 34.8 Å². The van der Waals surface area contributed by atoms with Crippen LogP contribution in [0.4, 0.5) is 10.7 Å². The Hall–Kier alpha value is -2.28. The van der Waals surface area contributed by atoms with Crippen molar-refractivity contribution >= 4 is 33.3 Å². The number of hydrogen-bond donors (Lipinski definition) is 2. The first-order valence-corrected chi connectivity index (χ1v) is 12.5. The van der Waals surface area contributed by atoms with Gasteiger partial charge in [0.05, 0.1) is 19.8 Å². The Bertz CT molecular complexity index is 970. The Kier molecular flexibility index (Phi) is 7.00. The fourth-order valence-corrected chi connectivity index (χ4v) is 6.45. The van der Waals surface area contributed by atoms with Crippen molar-refractivity contribution in [2.45, 2.75) is 29.6 Å². The van der Waals surface area contributed by atoms with Gasteiger partial charge in [-0.3, -0.25) is 0 Å². The lowest BCUT2D eigenvalue weighted by Gasteiger charge is -2.32. The number of sulfonamides is 1.